The summed E-state index contributed by atoms with van der Waals surface area (Å²) in [6.07, 6.45) is 0. The summed E-state index contributed by atoms with van der Waals surface area (Å²) in [6, 6.07) is 3.40. The lowest BCUT2D eigenvalue weighted by Gasteiger charge is -2.34. The average molecular weight is 296 g/mol. The summed E-state index contributed by atoms with van der Waals surface area (Å²) in [5.41, 5.74) is 0.0764. The maximum atomic E-state index is 12.5. The van der Waals surface area contributed by atoms with Crippen LogP contribution in [-0.2, 0) is 4.74 Å². The van der Waals surface area contributed by atoms with Crippen LogP contribution in [-0.4, -0.2) is 60.4 Å². The number of amides is 1. The third-order valence-corrected chi connectivity index (χ3v) is 3.33. The molecule has 8 nitrogen and oxygen atoms in total. The maximum Gasteiger partial charge on any atom is 0.273 e. The first kappa shape index (κ1) is 15.2. The molecule has 21 heavy (non-hydrogen) atoms. The molecule has 0 spiro atoms. The summed E-state index contributed by atoms with van der Waals surface area (Å²) in [4.78, 5) is 24.2. The average Bonchev–Trinajstić information content (AvgIpc) is 2.53. The second-order valence-corrected chi connectivity index (χ2v) is 4.55. The zero-order valence-electron chi connectivity index (χ0n) is 11.5. The minimum atomic E-state index is -0.554. The van der Waals surface area contributed by atoms with Crippen LogP contribution in [0.5, 0.6) is 5.75 Å². The van der Waals surface area contributed by atoms with Crippen molar-refractivity contribution >= 4 is 11.6 Å². The molecule has 1 N–H and O–H groups in total. The predicted molar refractivity (Wildman–Crippen MR) is 72.4 cm³/mol. The van der Waals surface area contributed by atoms with E-state index in [2.05, 4.69) is 0 Å². The summed E-state index contributed by atoms with van der Waals surface area (Å²) < 4.78 is 10.3. The van der Waals surface area contributed by atoms with E-state index in [1.54, 1.807) is 0 Å². The molecule has 1 aromatic rings. The first-order chi connectivity index (χ1) is 10.1. The third-order valence-electron chi connectivity index (χ3n) is 3.33. The molecule has 1 aromatic carbocycles. The number of aliphatic hydroxyl groups excluding tert-OH is 1. The first-order valence-corrected chi connectivity index (χ1v) is 6.40. The number of hydrogen-bond acceptors (Lipinski definition) is 6. The number of carbonyl (C=O) groups is 1. The maximum absolute atomic E-state index is 12.5. The van der Waals surface area contributed by atoms with Gasteiger partial charge in [-0.05, 0) is 6.07 Å². The van der Waals surface area contributed by atoms with E-state index < -0.39 is 11.0 Å². The van der Waals surface area contributed by atoms with Crippen molar-refractivity contribution in [1.29, 1.82) is 0 Å². The van der Waals surface area contributed by atoms with E-state index in [4.69, 9.17) is 9.47 Å². The largest absolute Gasteiger partial charge is 0.496 e. The van der Waals surface area contributed by atoms with E-state index in [1.807, 2.05) is 0 Å². The van der Waals surface area contributed by atoms with Crippen molar-refractivity contribution in [1.82, 2.24) is 4.90 Å². The van der Waals surface area contributed by atoms with Crippen LogP contribution in [0, 0.1) is 10.1 Å². The standard InChI is InChI=1S/C13H16N2O6/c1-20-12-6-9(15(18)19)2-3-11(12)13(17)14-4-5-21-8-10(14)7-16/h2-3,6,10,16H,4-5,7-8H2,1H3. The van der Waals surface area contributed by atoms with Crippen molar-refractivity contribution < 1.29 is 24.3 Å². The number of ether oxygens (including phenoxy) is 2. The smallest absolute Gasteiger partial charge is 0.273 e. The molecule has 1 heterocycles. The van der Waals surface area contributed by atoms with Crippen LogP contribution in [0.2, 0.25) is 0 Å². The number of carbonyl (C=O) groups excluding carboxylic acids is 1. The Labute approximate surface area is 121 Å². The van der Waals surface area contributed by atoms with E-state index >= 15 is 0 Å². The van der Waals surface area contributed by atoms with Gasteiger partial charge < -0.3 is 19.5 Å². The quantitative estimate of drug-likeness (QED) is 0.639. The molecule has 1 amide bonds. The summed E-state index contributed by atoms with van der Waals surface area (Å²) in [6.45, 7) is 0.792. The van der Waals surface area contributed by atoms with E-state index in [1.165, 1.54) is 30.2 Å². The van der Waals surface area contributed by atoms with Crippen molar-refractivity contribution in [2.24, 2.45) is 0 Å². The van der Waals surface area contributed by atoms with Gasteiger partial charge in [0, 0.05) is 12.6 Å². The molecule has 1 aliphatic rings. The van der Waals surface area contributed by atoms with Crippen molar-refractivity contribution in [3.63, 3.8) is 0 Å². The number of non-ortho nitro benzene ring substituents is 1. The molecule has 114 valence electrons. The molecule has 0 radical (unpaired) electrons. The molecule has 0 bridgehead atoms. The molecule has 8 heteroatoms. The minimum Gasteiger partial charge on any atom is -0.496 e. The van der Waals surface area contributed by atoms with Crippen molar-refractivity contribution in [3.8, 4) is 5.75 Å². The Hall–Kier alpha value is -2.19. The molecular formula is C13H16N2O6. The number of morpholine rings is 1. The van der Waals surface area contributed by atoms with Gasteiger partial charge in [0.25, 0.3) is 11.6 Å². The molecule has 1 aliphatic heterocycles. The molecule has 2 rings (SSSR count). The van der Waals surface area contributed by atoms with Gasteiger partial charge in [0.1, 0.15) is 5.75 Å². The molecule has 1 saturated heterocycles. The number of nitrogens with zero attached hydrogens (tertiary/aromatic N) is 2. The minimum absolute atomic E-state index is 0.136. The zero-order valence-corrected chi connectivity index (χ0v) is 11.5. The highest BCUT2D eigenvalue weighted by Crippen LogP contribution is 2.26. The lowest BCUT2D eigenvalue weighted by atomic mass is 10.1. The Morgan fingerprint density at radius 2 is 2.38 bits per heavy atom. The first-order valence-electron chi connectivity index (χ1n) is 6.40. The second kappa shape index (κ2) is 6.51. The molecule has 1 fully saturated rings. The summed E-state index contributed by atoms with van der Waals surface area (Å²) >= 11 is 0. The molecule has 0 aliphatic carbocycles. The highest BCUT2D eigenvalue weighted by molar-refractivity contribution is 5.97. The fourth-order valence-corrected chi connectivity index (χ4v) is 2.20. The molecular weight excluding hydrogens is 280 g/mol. The van der Waals surface area contributed by atoms with Crippen molar-refractivity contribution in [2.45, 2.75) is 6.04 Å². The topological polar surface area (TPSA) is 102 Å². The Kier molecular flexibility index (Phi) is 4.71. The van der Waals surface area contributed by atoms with Gasteiger partial charge in [-0.1, -0.05) is 0 Å². The van der Waals surface area contributed by atoms with Gasteiger partial charge in [-0.2, -0.15) is 0 Å². The van der Waals surface area contributed by atoms with Crippen LogP contribution in [0.4, 0.5) is 5.69 Å². The number of aliphatic hydroxyl groups is 1. The zero-order chi connectivity index (χ0) is 15.4. The Balaban J connectivity index is 2.31. The Morgan fingerprint density at radius 1 is 1.62 bits per heavy atom. The van der Waals surface area contributed by atoms with E-state index in [0.29, 0.717) is 13.2 Å². The van der Waals surface area contributed by atoms with E-state index in [-0.39, 0.29) is 36.1 Å². The summed E-state index contributed by atoms with van der Waals surface area (Å²) in [5.74, 6) is -0.207. The van der Waals surface area contributed by atoms with Gasteiger partial charge in [-0.25, -0.2) is 0 Å². The van der Waals surface area contributed by atoms with Crippen molar-refractivity contribution in [3.05, 3.63) is 33.9 Å². The molecule has 1 unspecified atom stereocenters. The predicted octanol–water partition coefficient (Wildman–Crippen LogP) is 0.437. The highest BCUT2D eigenvalue weighted by Gasteiger charge is 2.29. The van der Waals surface area contributed by atoms with Gasteiger partial charge in [0.2, 0.25) is 0 Å². The lowest BCUT2D eigenvalue weighted by Crippen LogP contribution is -2.50. The normalized spacial score (nSPS) is 18.4. The summed E-state index contributed by atoms with van der Waals surface area (Å²) in [7, 11) is 1.35. The SMILES string of the molecule is COc1cc([N+](=O)[O-])ccc1C(=O)N1CCOCC1CO. The highest BCUT2D eigenvalue weighted by atomic mass is 16.6. The Morgan fingerprint density at radius 3 is 3.00 bits per heavy atom. The van der Waals surface area contributed by atoms with Crippen molar-refractivity contribution in [2.75, 3.05) is 33.5 Å². The molecule has 0 aromatic heterocycles. The van der Waals surface area contributed by atoms with Gasteiger partial charge in [-0.15, -0.1) is 0 Å². The van der Waals surface area contributed by atoms with Crippen LogP contribution in [0.3, 0.4) is 0 Å². The number of hydrogen-bond donors (Lipinski definition) is 1. The van der Waals surface area contributed by atoms with Crippen LogP contribution in [0.25, 0.3) is 0 Å². The second-order valence-electron chi connectivity index (χ2n) is 4.55. The number of rotatable bonds is 4. The van der Waals surface area contributed by atoms with E-state index in [0.717, 1.165) is 0 Å². The fraction of sp³-hybridized carbons (Fsp3) is 0.462. The monoisotopic (exact) mass is 296 g/mol. The lowest BCUT2D eigenvalue weighted by molar-refractivity contribution is -0.384. The third kappa shape index (κ3) is 3.11. The number of methoxy groups -OCH3 is 1. The molecule has 0 saturated carbocycles. The van der Waals surface area contributed by atoms with Crippen LogP contribution in [0.15, 0.2) is 18.2 Å². The number of benzene rings is 1. The van der Waals surface area contributed by atoms with Gasteiger partial charge >= 0.3 is 0 Å². The van der Waals surface area contributed by atoms with Gasteiger partial charge in [0.05, 0.1) is 49.5 Å². The van der Waals surface area contributed by atoms with Gasteiger partial charge in [0.15, 0.2) is 0 Å². The van der Waals surface area contributed by atoms with Gasteiger partial charge in [-0.3, -0.25) is 14.9 Å². The van der Waals surface area contributed by atoms with E-state index in [9.17, 15) is 20.0 Å². The van der Waals surface area contributed by atoms with Crippen LogP contribution < -0.4 is 4.74 Å². The fourth-order valence-electron chi connectivity index (χ4n) is 2.20. The summed E-state index contributed by atoms with van der Waals surface area (Å²) in [5, 5.41) is 20.1. The number of nitro groups is 1. The number of nitro benzene ring substituents is 1. The van der Waals surface area contributed by atoms with Crippen LogP contribution >= 0.6 is 0 Å². The Bertz CT molecular complexity index is 547. The van der Waals surface area contributed by atoms with Crippen LogP contribution in [0.1, 0.15) is 10.4 Å². The molecule has 1 atom stereocenters.